The Balaban J connectivity index is 1.35. The van der Waals surface area contributed by atoms with Gasteiger partial charge in [-0.2, -0.15) is 5.10 Å². The number of imide groups is 1. The van der Waals surface area contributed by atoms with Gasteiger partial charge in [0.2, 0.25) is 11.8 Å². The van der Waals surface area contributed by atoms with E-state index in [0.717, 1.165) is 11.1 Å². The zero-order valence-corrected chi connectivity index (χ0v) is 20.2. The fourth-order valence-corrected chi connectivity index (χ4v) is 6.00. The molecule has 3 aromatic rings. The van der Waals surface area contributed by atoms with E-state index in [1.54, 1.807) is 53.7 Å². The number of hydrogen-bond acceptors (Lipinski definition) is 7. The molecule has 8 nitrogen and oxygen atoms in total. The molecule has 4 heterocycles. The van der Waals surface area contributed by atoms with Gasteiger partial charge in [0.15, 0.2) is 17.3 Å². The van der Waals surface area contributed by atoms with Crippen molar-refractivity contribution >= 4 is 41.1 Å². The van der Waals surface area contributed by atoms with Gasteiger partial charge in [-0.05, 0) is 47.5 Å². The monoisotopic (exact) mass is 513 g/mol. The molecule has 0 aromatic heterocycles. The van der Waals surface area contributed by atoms with Crippen LogP contribution in [0.5, 0.6) is 11.5 Å². The number of hydrazone groups is 1. The number of ketones is 1. The molecule has 4 atom stereocenters. The third-order valence-corrected chi connectivity index (χ3v) is 7.73. The van der Waals surface area contributed by atoms with Crippen LogP contribution < -0.4 is 14.4 Å². The van der Waals surface area contributed by atoms with E-state index in [0.29, 0.717) is 41.0 Å². The molecule has 2 saturated heterocycles. The zero-order valence-electron chi connectivity index (χ0n) is 19.4. The van der Waals surface area contributed by atoms with Crippen LogP contribution in [0.1, 0.15) is 27.5 Å². The number of rotatable bonds is 3. The van der Waals surface area contributed by atoms with Crippen LogP contribution in [0.15, 0.2) is 71.8 Å². The molecule has 3 aromatic carbocycles. The van der Waals surface area contributed by atoms with Crippen molar-refractivity contribution in [2.24, 2.45) is 16.9 Å². The Hall–Kier alpha value is -4.17. The Kier molecular flexibility index (Phi) is 4.87. The van der Waals surface area contributed by atoms with Crippen molar-refractivity contribution in [1.29, 1.82) is 0 Å². The fourth-order valence-electron chi connectivity index (χ4n) is 5.88. The minimum absolute atomic E-state index is 0.282. The van der Waals surface area contributed by atoms with E-state index in [9.17, 15) is 14.4 Å². The Bertz CT molecular complexity index is 1500. The van der Waals surface area contributed by atoms with Crippen molar-refractivity contribution in [1.82, 2.24) is 5.01 Å². The molecule has 37 heavy (non-hydrogen) atoms. The first kappa shape index (κ1) is 22.1. The fraction of sp³-hybridized carbons (Fsp3) is 0.214. The van der Waals surface area contributed by atoms with E-state index in [-0.39, 0.29) is 11.7 Å². The summed E-state index contributed by atoms with van der Waals surface area (Å²) in [7, 11) is 0. The van der Waals surface area contributed by atoms with Crippen LogP contribution in [0.4, 0.5) is 5.69 Å². The summed E-state index contributed by atoms with van der Waals surface area (Å²) >= 11 is 6.04. The molecule has 0 saturated carbocycles. The van der Waals surface area contributed by atoms with Gasteiger partial charge in [0.05, 0.1) is 29.8 Å². The molecule has 2 amide bonds. The average molecular weight is 514 g/mol. The van der Waals surface area contributed by atoms with E-state index in [1.807, 2.05) is 24.3 Å². The number of halogens is 1. The number of nitrogens with zero attached hydrogens (tertiary/aromatic N) is 3. The highest BCUT2D eigenvalue weighted by molar-refractivity contribution is 6.30. The molecular formula is C28H20ClN3O5. The predicted molar refractivity (Wildman–Crippen MR) is 135 cm³/mol. The summed E-state index contributed by atoms with van der Waals surface area (Å²) in [4.78, 5) is 43.1. The number of hydrogen-bond donors (Lipinski definition) is 0. The van der Waals surface area contributed by atoms with Gasteiger partial charge in [0, 0.05) is 16.7 Å². The van der Waals surface area contributed by atoms with Crippen LogP contribution >= 0.6 is 11.6 Å². The molecule has 0 unspecified atom stereocenters. The molecule has 9 heteroatoms. The summed E-state index contributed by atoms with van der Waals surface area (Å²) in [5, 5.41) is 6.73. The van der Waals surface area contributed by atoms with Gasteiger partial charge in [-0.3, -0.25) is 19.4 Å². The van der Waals surface area contributed by atoms with E-state index in [1.165, 1.54) is 4.90 Å². The molecule has 0 radical (unpaired) electrons. The molecule has 2 fully saturated rings. The van der Waals surface area contributed by atoms with Crippen molar-refractivity contribution in [3.63, 3.8) is 0 Å². The van der Waals surface area contributed by atoms with Crippen molar-refractivity contribution in [2.75, 3.05) is 18.1 Å². The third-order valence-electron chi connectivity index (χ3n) is 7.47. The second kappa shape index (κ2) is 8.18. The Morgan fingerprint density at radius 2 is 1.62 bits per heavy atom. The third kappa shape index (κ3) is 3.22. The van der Waals surface area contributed by atoms with Crippen LogP contribution in [-0.2, 0) is 9.59 Å². The van der Waals surface area contributed by atoms with Crippen LogP contribution in [0, 0.1) is 11.8 Å². The smallest absolute Gasteiger partial charge is 0.240 e. The van der Waals surface area contributed by atoms with Gasteiger partial charge in [0.1, 0.15) is 19.3 Å². The number of Topliss-reactive ketones (excluding diaryl/α,β-unsaturated/α-hetero) is 1. The maximum atomic E-state index is 14.0. The summed E-state index contributed by atoms with van der Waals surface area (Å²) in [5.41, 5.74) is 2.52. The molecule has 0 N–H and O–H groups in total. The number of benzene rings is 3. The highest BCUT2D eigenvalue weighted by Gasteiger charge is 2.65. The standard InChI is InChI=1S/C28H20ClN3O5/c29-17-7-5-15(6-8-17)26(33)25-23-22(24-19-4-2-1-3-16(19)14-30-32(24)25)27(34)31(28(23)35)18-9-10-20-21(13-18)37-12-11-36-20/h1-10,13-14,22-25H,11-12H2/t22-,23+,24+,25-/m0/s1. The lowest BCUT2D eigenvalue weighted by atomic mass is 9.83. The summed E-state index contributed by atoms with van der Waals surface area (Å²) in [6, 6.07) is 17.7. The second-order valence-corrected chi connectivity index (χ2v) is 9.84. The Morgan fingerprint density at radius 3 is 2.43 bits per heavy atom. The number of carbonyl (C=O) groups excluding carboxylic acids is 3. The van der Waals surface area contributed by atoms with E-state index in [4.69, 9.17) is 21.1 Å². The van der Waals surface area contributed by atoms with Crippen LogP contribution in [0.3, 0.4) is 0 Å². The maximum absolute atomic E-state index is 14.0. The topological polar surface area (TPSA) is 88.5 Å². The number of carbonyl (C=O) groups is 3. The van der Waals surface area contributed by atoms with Gasteiger partial charge in [-0.25, -0.2) is 4.90 Å². The maximum Gasteiger partial charge on any atom is 0.240 e. The molecule has 0 spiro atoms. The van der Waals surface area contributed by atoms with Gasteiger partial charge in [-0.15, -0.1) is 0 Å². The lowest BCUT2D eigenvalue weighted by Gasteiger charge is -2.33. The summed E-state index contributed by atoms with van der Waals surface area (Å²) in [5.74, 6) is -1.72. The number of fused-ring (bicyclic) bond motifs is 6. The molecular weight excluding hydrogens is 494 g/mol. The van der Waals surface area contributed by atoms with E-state index < -0.39 is 29.8 Å². The van der Waals surface area contributed by atoms with Crippen molar-refractivity contribution in [3.05, 3.63) is 88.4 Å². The first-order valence-corrected chi connectivity index (χ1v) is 12.4. The number of anilines is 1. The van der Waals surface area contributed by atoms with Crippen molar-refractivity contribution in [3.8, 4) is 11.5 Å². The molecule has 184 valence electrons. The van der Waals surface area contributed by atoms with Crippen LogP contribution in [-0.4, -0.2) is 48.1 Å². The first-order valence-electron chi connectivity index (χ1n) is 12.0. The minimum Gasteiger partial charge on any atom is -0.486 e. The van der Waals surface area contributed by atoms with Crippen molar-refractivity contribution < 1.29 is 23.9 Å². The first-order chi connectivity index (χ1) is 18.0. The lowest BCUT2D eigenvalue weighted by Crippen LogP contribution is -2.44. The molecule has 7 rings (SSSR count). The largest absolute Gasteiger partial charge is 0.486 e. The van der Waals surface area contributed by atoms with Gasteiger partial charge < -0.3 is 9.47 Å². The predicted octanol–water partition coefficient (Wildman–Crippen LogP) is 3.87. The second-order valence-electron chi connectivity index (χ2n) is 9.41. The summed E-state index contributed by atoms with van der Waals surface area (Å²) in [6.45, 7) is 0.817. The number of amides is 2. The SMILES string of the molecule is O=C(c1ccc(Cl)cc1)[C@@H]1[C@@H]2C(=O)N(c3ccc4c(c3)OCCO4)C(=O)[C@@H]2[C@H]2c3ccccc3C=NN12. The normalized spacial score (nSPS) is 25.1. The number of ether oxygens (including phenoxy) is 2. The minimum atomic E-state index is -0.945. The van der Waals surface area contributed by atoms with Gasteiger partial charge in [0.25, 0.3) is 0 Å². The zero-order chi connectivity index (χ0) is 25.3. The highest BCUT2D eigenvalue weighted by Crippen LogP contribution is 2.53. The van der Waals surface area contributed by atoms with Crippen LogP contribution in [0.2, 0.25) is 5.02 Å². The quantitative estimate of drug-likeness (QED) is 0.390. The molecule has 0 bridgehead atoms. The van der Waals surface area contributed by atoms with E-state index >= 15 is 0 Å². The van der Waals surface area contributed by atoms with Gasteiger partial charge in [-0.1, -0.05) is 35.9 Å². The Labute approximate surface area is 217 Å². The Morgan fingerprint density at radius 1 is 0.892 bits per heavy atom. The van der Waals surface area contributed by atoms with Crippen LogP contribution in [0.25, 0.3) is 0 Å². The highest BCUT2D eigenvalue weighted by atomic mass is 35.5. The van der Waals surface area contributed by atoms with Gasteiger partial charge >= 0.3 is 0 Å². The van der Waals surface area contributed by atoms with Crippen molar-refractivity contribution in [2.45, 2.75) is 12.1 Å². The molecule has 4 aliphatic rings. The average Bonchev–Trinajstić information content (AvgIpc) is 3.40. The van der Waals surface area contributed by atoms with E-state index in [2.05, 4.69) is 5.10 Å². The summed E-state index contributed by atoms with van der Waals surface area (Å²) in [6.07, 6.45) is 1.68. The molecule has 0 aliphatic carbocycles. The summed E-state index contributed by atoms with van der Waals surface area (Å²) < 4.78 is 11.3. The lowest BCUT2D eigenvalue weighted by molar-refractivity contribution is -0.124. The molecule has 4 aliphatic heterocycles.